The summed E-state index contributed by atoms with van der Waals surface area (Å²) in [4.78, 5) is 35.5. The minimum atomic E-state index is -0.900. The number of carbonyl (C=O) groups excluding carboxylic acids is 1. The number of nitrogens with one attached hydrogen (secondary N) is 1. The van der Waals surface area contributed by atoms with Gasteiger partial charge < -0.3 is 15.3 Å². The van der Waals surface area contributed by atoms with Gasteiger partial charge in [0, 0.05) is 30.8 Å². The molecule has 0 aromatic heterocycles. The summed E-state index contributed by atoms with van der Waals surface area (Å²) in [6.07, 6.45) is 0.447. The molecule has 2 rings (SSSR count). The number of carboxylic acid groups (broad SMARTS) is 1. The quantitative estimate of drug-likeness (QED) is 0.629. The molecule has 1 aromatic carbocycles. The highest BCUT2D eigenvalue weighted by molar-refractivity contribution is 5.96. The Morgan fingerprint density at radius 3 is 2.65 bits per heavy atom. The molecule has 23 heavy (non-hydrogen) atoms. The molecule has 1 atom stereocenters. The van der Waals surface area contributed by atoms with E-state index in [4.69, 9.17) is 5.11 Å². The average molecular weight is 321 g/mol. The lowest BCUT2D eigenvalue weighted by Gasteiger charge is -2.18. The van der Waals surface area contributed by atoms with E-state index in [1.165, 1.54) is 18.2 Å². The Balaban J connectivity index is 2.29. The predicted molar refractivity (Wildman–Crippen MR) is 83.7 cm³/mol. The molecule has 0 radical (unpaired) electrons. The number of hydrogen-bond donors (Lipinski definition) is 2. The molecule has 1 fully saturated rings. The van der Waals surface area contributed by atoms with Crippen LogP contribution in [0.1, 0.15) is 30.6 Å². The normalized spacial score (nSPS) is 17.3. The second-order valence-electron chi connectivity index (χ2n) is 5.86. The maximum atomic E-state index is 12.0. The van der Waals surface area contributed by atoms with Crippen LogP contribution in [0.2, 0.25) is 0 Å². The van der Waals surface area contributed by atoms with Gasteiger partial charge in [-0.05, 0) is 32.4 Å². The summed E-state index contributed by atoms with van der Waals surface area (Å²) >= 11 is 0. The zero-order valence-electron chi connectivity index (χ0n) is 13.0. The molecule has 1 amide bonds. The molecule has 0 spiro atoms. The first-order valence-electron chi connectivity index (χ1n) is 7.36. The van der Waals surface area contributed by atoms with Crippen LogP contribution in [0, 0.1) is 16.0 Å². The molecule has 1 aliphatic rings. The Morgan fingerprint density at radius 2 is 2.13 bits per heavy atom. The molecule has 1 aromatic rings. The third kappa shape index (κ3) is 3.77. The number of aliphatic carboxylic acids is 1. The Labute approximate surface area is 133 Å². The topological polar surface area (TPSA) is 113 Å². The number of rotatable bonds is 5. The van der Waals surface area contributed by atoms with Gasteiger partial charge in [-0.15, -0.1) is 0 Å². The van der Waals surface area contributed by atoms with Crippen molar-refractivity contribution in [2.24, 2.45) is 5.92 Å². The molecule has 1 heterocycles. The van der Waals surface area contributed by atoms with E-state index in [2.05, 4.69) is 5.32 Å². The molecule has 1 unspecified atom stereocenters. The Morgan fingerprint density at radius 1 is 1.43 bits per heavy atom. The van der Waals surface area contributed by atoms with Crippen molar-refractivity contribution in [3.8, 4) is 0 Å². The van der Waals surface area contributed by atoms with Gasteiger partial charge in [0.2, 0.25) is 0 Å². The molecule has 124 valence electrons. The second kappa shape index (κ2) is 6.64. The van der Waals surface area contributed by atoms with Crippen molar-refractivity contribution in [2.75, 3.05) is 18.0 Å². The minimum Gasteiger partial charge on any atom is -0.481 e. The lowest BCUT2D eigenvalue weighted by Crippen LogP contribution is -2.30. The second-order valence-corrected chi connectivity index (χ2v) is 5.86. The molecule has 0 bridgehead atoms. The van der Waals surface area contributed by atoms with Crippen molar-refractivity contribution >= 4 is 23.3 Å². The Kier molecular flexibility index (Phi) is 4.83. The Hall–Kier alpha value is -2.64. The average Bonchev–Trinajstić information content (AvgIpc) is 2.95. The van der Waals surface area contributed by atoms with Crippen LogP contribution in [0.15, 0.2) is 18.2 Å². The number of carboxylic acids is 1. The molecular weight excluding hydrogens is 302 g/mol. The van der Waals surface area contributed by atoms with Gasteiger partial charge in [0.05, 0.1) is 10.8 Å². The highest BCUT2D eigenvalue weighted by atomic mass is 16.6. The minimum absolute atomic E-state index is 0.0730. The summed E-state index contributed by atoms with van der Waals surface area (Å²) in [6.45, 7) is 4.27. The van der Waals surface area contributed by atoms with Crippen LogP contribution in [0.5, 0.6) is 0 Å². The molecule has 0 aliphatic carbocycles. The number of anilines is 1. The van der Waals surface area contributed by atoms with Crippen LogP contribution in [0.4, 0.5) is 11.4 Å². The lowest BCUT2D eigenvalue weighted by atomic mass is 10.1. The highest BCUT2D eigenvalue weighted by Crippen LogP contribution is 2.33. The van der Waals surface area contributed by atoms with Crippen molar-refractivity contribution in [1.29, 1.82) is 0 Å². The van der Waals surface area contributed by atoms with Gasteiger partial charge in [-0.1, -0.05) is 0 Å². The summed E-state index contributed by atoms with van der Waals surface area (Å²) in [5.74, 6) is -1.80. The molecule has 8 heteroatoms. The number of nitro groups is 1. The van der Waals surface area contributed by atoms with Crippen LogP contribution >= 0.6 is 0 Å². The van der Waals surface area contributed by atoms with Gasteiger partial charge in [0.1, 0.15) is 5.69 Å². The summed E-state index contributed by atoms with van der Waals surface area (Å²) in [6, 6.07) is 4.20. The van der Waals surface area contributed by atoms with E-state index in [9.17, 15) is 19.7 Å². The maximum Gasteiger partial charge on any atom is 0.308 e. The van der Waals surface area contributed by atoms with Crippen LogP contribution in [-0.2, 0) is 4.79 Å². The van der Waals surface area contributed by atoms with Gasteiger partial charge in [-0.25, -0.2) is 0 Å². The highest BCUT2D eigenvalue weighted by Gasteiger charge is 2.31. The molecule has 1 saturated heterocycles. The largest absolute Gasteiger partial charge is 0.481 e. The van der Waals surface area contributed by atoms with Crippen molar-refractivity contribution in [1.82, 2.24) is 5.32 Å². The monoisotopic (exact) mass is 321 g/mol. The van der Waals surface area contributed by atoms with Crippen LogP contribution in [0.3, 0.4) is 0 Å². The number of benzene rings is 1. The van der Waals surface area contributed by atoms with Crippen LogP contribution in [0.25, 0.3) is 0 Å². The summed E-state index contributed by atoms with van der Waals surface area (Å²) < 4.78 is 0. The number of hydrogen-bond acceptors (Lipinski definition) is 5. The van der Waals surface area contributed by atoms with Gasteiger partial charge in [0.15, 0.2) is 0 Å². The van der Waals surface area contributed by atoms with Gasteiger partial charge in [-0.3, -0.25) is 19.7 Å². The molecular formula is C15H19N3O5. The lowest BCUT2D eigenvalue weighted by molar-refractivity contribution is -0.384. The zero-order chi connectivity index (χ0) is 17.1. The maximum absolute atomic E-state index is 12.0. The van der Waals surface area contributed by atoms with Gasteiger partial charge in [0.25, 0.3) is 11.6 Å². The summed E-state index contributed by atoms with van der Waals surface area (Å²) in [7, 11) is 0. The third-order valence-electron chi connectivity index (χ3n) is 3.73. The summed E-state index contributed by atoms with van der Waals surface area (Å²) in [5.41, 5.74) is 0.371. The first-order chi connectivity index (χ1) is 10.8. The molecule has 0 saturated carbocycles. The third-order valence-corrected chi connectivity index (χ3v) is 3.73. The fourth-order valence-corrected chi connectivity index (χ4v) is 2.60. The smallest absolute Gasteiger partial charge is 0.308 e. The molecule has 2 N–H and O–H groups in total. The van der Waals surface area contributed by atoms with Crippen molar-refractivity contribution in [2.45, 2.75) is 26.3 Å². The van der Waals surface area contributed by atoms with E-state index < -0.39 is 16.8 Å². The number of amides is 1. The number of nitrogens with zero attached hydrogens (tertiary/aromatic N) is 2. The van der Waals surface area contributed by atoms with E-state index in [1.807, 2.05) is 0 Å². The summed E-state index contributed by atoms with van der Waals surface area (Å²) in [5, 5.41) is 23.0. The van der Waals surface area contributed by atoms with Crippen molar-refractivity contribution in [3.05, 3.63) is 33.9 Å². The first kappa shape index (κ1) is 16.7. The first-order valence-corrected chi connectivity index (χ1v) is 7.36. The van der Waals surface area contributed by atoms with Crippen LogP contribution in [-0.4, -0.2) is 41.0 Å². The zero-order valence-corrected chi connectivity index (χ0v) is 13.0. The standard InChI is InChI=1S/C15H19N3O5/c1-9(2)16-14(19)10-3-4-12(13(7-10)18(22)23)17-6-5-11(8-17)15(20)21/h3-4,7,9,11H,5-6,8H2,1-2H3,(H,16,19)(H,20,21). The van der Waals surface area contributed by atoms with Crippen molar-refractivity contribution < 1.29 is 19.6 Å². The van der Waals surface area contributed by atoms with E-state index in [0.29, 0.717) is 18.7 Å². The number of nitro benzene ring substituents is 1. The van der Waals surface area contributed by atoms with Gasteiger partial charge >= 0.3 is 5.97 Å². The fraction of sp³-hybridized carbons (Fsp3) is 0.467. The van der Waals surface area contributed by atoms with E-state index in [1.54, 1.807) is 18.7 Å². The van der Waals surface area contributed by atoms with E-state index in [-0.39, 0.29) is 29.7 Å². The number of carbonyl (C=O) groups is 2. The van der Waals surface area contributed by atoms with E-state index in [0.717, 1.165) is 0 Å². The SMILES string of the molecule is CC(C)NC(=O)c1ccc(N2CCC(C(=O)O)C2)c([N+](=O)[O-])c1. The van der Waals surface area contributed by atoms with Crippen molar-refractivity contribution in [3.63, 3.8) is 0 Å². The van der Waals surface area contributed by atoms with Crippen LogP contribution < -0.4 is 10.2 Å². The predicted octanol–water partition coefficient (Wildman–Crippen LogP) is 1.64. The van der Waals surface area contributed by atoms with E-state index >= 15 is 0 Å². The van der Waals surface area contributed by atoms with Gasteiger partial charge in [-0.2, -0.15) is 0 Å². The fourth-order valence-electron chi connectivity index (χ4n) is 2.60. The Bertz CT molecular complexity index is 644. The molecule has 1 aliphatic heterocycles. The molecule has 8 nitrogen and oxygen atoms in total.